The van der Waals surface area contributed by atoms with Gasteiger partial charge in [0.05, 0.1) is 36.8 Å². The van der Waals surface area contributed by atoms with E-state index in [0.29, 0.717) is 35.5 Å². The number of benzene rings is 2. The van der Waals surface area contributed by atoms with Crippen molar-refractivity contribution in [1.82, 2.24) is 0 Å². The zero-order valence-corrected chi connectivity index (χ0v) is 26.3. The van der Waals surface area contributed by atoms with Crippen LogP contribution in [0, 0.1) is 22.7 Å². The first-order chi connectivity index (χ1) is 22.0. The lowest BCUT2D eigenvalue weighted by Crippen LogP contribution is -2.11. The number of carbonyl (C=O) groups excluding carboxylic acids is 2. The number of ketones is 2. The topological polar surface area (TPSA) is 193 Å². The Bertz CT molecular complexity index is 1840. The second-order valence-electron chi connectivity index (χ2n) is 9.80. The Morgan fingerprint density at radius 3 is 1.43 bits per heavy atom. The summed E-state index contributed by atoms with van der Waals surface area (Å²) in [4.78, 5) is 47.4. The summed E-state index contributed by atoms with van der Waals surface area (Å²) in [5, 5.41) is 38.7. The molecule has 4 rings (SSSR count). The Morgan fingerprint density at radius 2 is 1.11 bits per heavy atom. The van der Waals surface area contributed by atoms with Gasteiger partial charge < -0.3 is 29.2 Å². The van der Waals surface area contributed by atoms with Gasteiger partial charge in [-0.2, -0.15) is 10.5 Å². The number of ether oxygens (including phenoxy) is 4. The highest BCUT2D eigenvalue weighted by atomic mass is 32.1. The number of hydrogen-bond donors (Lipinski definition) is 2. The van der Waals surface area contributed by atoms with E-state index in [1.807, 2.05) is 0 Å². The van der Waals surface area contributed by atoms with Crippen LogP contribution >= 0.6 is 22.7 Å². The third-order valence-electron chi connectivity index (χ3n) is 6.67. The molecule has 4 aromatic rings. The summed E-state index contributed by atoms with van der Waals surface area (Å²) in [5.41, 5.74) is 0.671. The highest BCUT2D eigenvalue weighted by Crippen LogP contribution is 2.43. The van der Waals surface area contributed by atoms with Crippen LogP contribution < -0.4 is 18.9 Å². The van der Waals surface area contributed by atoms with Gasteiger partial charge in [0, 0.05) is 45.1 Å². The van der Waals surface area contributed by atoms with Crippen molar-refractivity contribution in [2.45, 2.75) is 25.7 Å². The minimum atomic E-state index is -1.08. The SMILES string of the molecule is C=C(COc1c(OC)cc2sc(C(=O)CCC(=O)O)cc2c1C#N)COc1c(OC)cc2sc(C(=O)CCC(=O)O)cc2c1C#N. The first-order valence-corrected chi connectivity index (χ1v) is 15.2. The van der Waals surface area contributed by atoms with E-state index in [4.69, 9.17) is 29.2 Å². The maximum absolute atomic E-state index is 12.5. The lowest BCUT2D eigenvalue weighted by atomic mass is 10.1. The number of methoxy groups -OCH3 is 2. The molecule has 0 atom stereocenters. The summed E-state index contributed by atoms with van der Waals surface area (Å²) < 4.78 is 24.0. The van der Waals surface area contributed by atoms with Crippen LogP contribution in [-0.2, 0) is 9.59 Å². The number of aliphatic carboxylic acids is 2. The van der Waals surface area contributed by atoms with Crippen molar-refractivity contribution in [3.63, 3.8) is 0 Å². The monoisotopic (exact) mass is 662 g/mol. The zero-order valence-electron chi connectivity index (χ0n) is 24.6. The van der Waals surface area contributed by atoms with Crippen LogP contribution in [0.2, 0.25) is 0 Å². The minimum Gasteiger partial charge on any atom is -0.493 e. The fraction of sp³-hybridized carbons (Fsp3) is 0.250. The highest BCUT2D eigenvalue weighted by Gasteiger charge is 2.23. The van der Waals surface area contributed by atoms with Gasteiger partial charge in [-0.25, -0.2) is 0 Å². The number of fused-ring (bicyclic) bond motifs is 2. The van der Waals surface area contributed by atoms with E-state index in [0.717, 1.165) is 22.7 Å². The normalized spacial score (nSPS) is 10.6. The van der Waals surface area contributed by atoms with Crippen molar-refractivity contribution < 1.29 is 48.3 Å². The predicted molar refractivity (Wildman–Crippen MR) is 169 cm³/mol. The quantitative estimate of drug-likeness (QED) is 0.105. The molecule has 0 radical (unpaired) electrons. The molecule has 2 aromatic carbocycles. The molecule has 236 valence electrons. The van der Waals surface area contributed by atoms with Gasteiger partial charge in [0.1, 0.15) is 36.5 Å². The van der Waals surface area contributed by atoms with E-state index in [9.17, 15) is 29.7 Å². The molecule has 0 saturated carbocycles. The number of carbonyl (C=O) groups is 4. The molecule has 0 aliphatic carbocycles. The number of hydrogen-bond acceptors (Lipinski definition) is 12. The van der Waals surface area contributed by atoms with Gasteiger partial charge in [-0.3, -0.25) is 19.2 Å². The first kappa shape index (κ1) is 33.5. The van der Waals surface area contributed by atoms with Gasteiger partial charge >= 0.3 is 11.9 Å². The Kier molecular flexibility index (Phi) is 10.6. The van der Waals surface area contributed by atoms with E-state index < -0.39 is 11.9 Å². The highest BCUT2D eigenvalue weighted by molar-refractivity contribution is 7.21. The molecule has 0 saturated heterocycles. The Hall–Kier alpha value is -5.44. The molecule has 46 heavy (non-hydrogen) atoms. The van der Waals surface area contributed by atoms with Crippen molar-refractivity contribution in [1.29, 1.82) is 10.5 Å². The molecule has 2 N–H and O–H groups in total. The Labute approximate surface area is 270 Å². The first-order valence-electron chi connectivity index (χ1n) is 13.5. The number of nitriles is 2. The van der Waals surface area contributed by atoms with Crippen LogP contribution in [0.25, 0.3) is 20.2 Å². The number of rotatable bonds is 16. The van der Waals surface area contributed by atoms with Gasteiger partial charge in [-0.15, -0.1) is 22.7 Å². The van der Waals surface area contributed by atoms with Crippen molar-refractivity contribution >= 4 is 66.4 Å². The molecule has 2 heterocycles. The number of carboxylic acids is 2. The van der Waals surface area contributed by atoms with E-state index >= 15 is 0 Å². The third kappa shape index (κ3) is 7.26. The lowest BCUT2D eigenvalue weighted by Gasteiger charge is -2.16. The fourth-order valence-corrected chi connectivity index (χ4v) is 6.57. The fourth-order valence-electron chi connectivity index (χ4n) is 4.44. The van der Waals surface area contributed by atoms with Gasteiger partial charge in [-0.1, -0.05) is 6.58 Å². The minimum absolute atomic E-state index is 0.113. The summed E-state index contributed by atoms with van der Waals surface area (Å²) in [7, 11) is 2.81. The molecule has 0 bridgehead atoms. The van der Waals surface area contributed by atoms with Crippen LogP contribution in [-0.4, -0.2) is 61.2 Å². The molecule has 0 aliphatic heterocycles. The molecule has 0 spiro atoms. The van der Waals surface area contributed by atoms with Gasteiger partial charge in [0.25, 0.3) is 0 Å². The molecule has 12 nitrogen and oxygen atoms in total. The largest absolute Gasteiger partial charge is 0.493 e. The van der Waals surface area contributed by atoms with Crippen LogP contribution in [0.1, 0.15) is 56.2 Å². The number of Topliss-reactive ketones (excluding diaryl/α,β-unsaturated/α-hetero) is 2. The number of nitrogens with zero attached hydrogens (tertiary/aromatic N) is 2. The van der Waals surface area contributed by atoms with Crippen LogP contribution in [0.4, 0.5) is 0 Å². The average molecular weight is 663 g/mol. The third-order valence-corrected chi connectivity index (χ3v) is 8.92. The molecule has 14 heteroatoms. The van der Waals surface area contributed by atoms with Crippen molar-refractivity contribution in [3.8, 4) is 35.1 Å². The van der Waals surface area contributed by atoms with E-state index in [2.05, 4.69) is 18.7 Å². The van der Waals surface area contributed by atoms with E-state index in [1.165, 1.54) is 26.4 Å². The molecule has 2 aromatic heterocycles. The second-order valence-corrected chi connectivity index (χ2v) is 12.0. The summed E-state index contributed by atoms with van der Waals surface area (Å²) >= 11 is 2.25. The van der Waals surface area contributed by atoms with Crippen molar-refractivity contribution in [2.24, 2.45) is 0 Å². The van der Waals surface area contributed by atoms with Gasteiger partial charge in [-0.05, 0) is 17.7 Å². The number of thiophene rings is 2. The zero-order chi connectivity index (χ0) is 33.5. The van der Waals surface area contributed by atoms with Crippen molar-refractivity contribution in [2.75, 3.05) is 27.4 Å². The predicted octanol–water partition coefficient (Wildman–Crippen LogP) is 5.99. The second kappa shape index (κ2) is 14.6. The lowest BCUT2D eigenvalue weighted by molar-refractivity contribution is -0.137. The Morgan fingerprint density at radius 1 is 0.717 bits per heavy atom. The van der Waals surface area contributed by atoms with E-state index in [-0.39, 0.29) is 84.6 Å². The molecular formula is C32H26N2O10S2. The van der Waals surface area contributed by atoms with Crippen LogP contribution in [0.15, 0.2) is 36.4 Å². The van der Waals surface area contributed by atoms with Crippen molar-refractivity contribution in [3.05, 3.63) is 57.3 Å². The Balaban J connectivity index is 1.54. The average Bonchev–Trinajstić information content (AvgIpc) is 3.67. The molecule has 0 unspecified atom stereocenters. The summed E-state index contributed by atoms with van der Waals surface area (Å²) in [6, 6.07) is 10.5. The molecular weight excluding hydrogens is 636 g/mol. The maximum Gasteiger partial charge on any atom is 0.303 e. The summed E-state index contributed by atoms with van der Waals surface area (Å²) in [5.74, 6) is -2.14. The maximum atomic E-state index is 12.5. The smallest absolute Gasteiger partial charge is 0.303 e. The van der Waals surface area contributed by atoms with Crippen LogP contribution in [0.3, 0.4) is 0 Å². The van der Waals surface area contributed by atoms with Crippen LogP contribution in [0.5, 0.6) is 23.0 Å². The molecule has 0 amide bonds. The summed E-state index contributed by atoms with van der Waals surface area (Å²) in [6.45, 7) is 3.75. The van der Waals surface area contributed by atoms with Gasteiger partial charge in [0.15, 0.2) is 34.6 Å². The molecule has 0 fully saturated rings. The van der Waals surface area contributed by atoms with E-state index in [1.54, 1.807) is 12.1 Å². The standard InChI is InChI=1S/C32H26N2O10S2/c1-16(14-43-31-19(12-33)17-8-27(21(35)4-6-29(37)38)45-25(17)10-23(31)41-2)15-44-32-20(13-34)18-9-28(22(36)5-7-30(39)40)46-26(18)11-24(32)42-3/h8-11H,1,4-7,14-15H2,2-3H3,(H,37,38)(H,39,40). The van der Waals surface area contributed by atoms with Gasteiger partial charge in [0.2, 0.25) is 0 Å². The number of carboxylic acid groups (broad SMARTS) is 2. The summed E-state index contributed by atoms with van der Waals surface area (Å²) in [6.07, 6.45) is -0.960. The molecule has 0 aliphatic rings.